The lowest BCUT2D eigenvalue weighted by atomic mass is 10.2. The summed E-state index contributed by atoms with van der Waals surface area (Å²) in [6.45, 7) is 2.38. The van der Waals surface area contributed by atoms with Gasteiger partial charge in [0.25, 0.3) is 0 Å². The number of nitrogens with two attached hydrogens (primary N) is 1. The van der Waals surface area contributed by atoms with E-state index in [-0.39, 0.29) is 0 Å². The van der Waals surface area contributed by atoms with Gasteiger partial charge in [-0.1, -0.05) is 24.3 Å². The molecule has 0 amide bonds. The van der Waals surface area contributed by atoms with Crippen LogP contribution in [0.15, 0.2) is 52.6 Å². The average molecular weight is 298 g/mol. The van der Waals surface area contributed by atoms with Crippen molar-refractivity contribution in [2.75, 3.05) is 0 Å². The van der Waals surface area contributed by atoms with E-state index in [1.807, 2.05) is 49.4 Å². The van der Waals surface area contributed by atoms with Crippen LogP contribution in [0.25, 0.3) is 5.69 Å². The van der Waals surface area contributed by atoms with Crippen LogP contribution in [-0.4, -0.2) is 25.2 Å². The highest BCUT2D eigenvalue weighted by Crippen LogP contribution is 2.28. The summed E-state index contributed by atoms with van der Waals surface area (Å²) in [5, 5.41) is 13.4. The first-order valence-corrected chi connectivity index (χ1v) is 7.28. The standard InChI is InChI=1S/C14H14N6S/c1-10-7-8-11(9-15)13(16-10)21-14-17-18-19-20(14)12-5-3-2-4-6-12/h2-8H,9,15H2,1H3. The molecule has 0 radical (unpaired) electrons. The SMILES string of the molecule is Cc1ccc(CN)c(Sc2nnnn2-c2ccccc2)n1. The maximum atomic E-state index is 5.77. The monoisotopic (exact) mass is 298 g/mol. The molecule has 0 saturated carbocycles. The van der Waals surface area contributed by atoms with Crippen molar-refractivity contribution in [3.63, 3.8) is 0 Å². The van der Waals surface area contributed by atoms with Gasteiger partial charge in [0.1, 0.15) is 5.03 Å². The van der Waals surface area contributed by atoms with Crippen LogP contribution < -0.4 is 5.73 Å². The van der Waals surface area contributed by atoms with E-state index in [0.29, 0.717) is 11.7 Å². The Bertz CT molecular complexity index is 740. The number of aryl methyl sites for hydroxylation is 1. The molecule has 21 heavy (non-hydrogen) atoms. The molecule has 3 rings (SSSR count). The maximum Gasteiger partial charge on any atom is 0.220 e. The molecule has 1 aromatic carbocycles. The second-order valence-corrected chi connectivity index (χ2v) is 5.39. The normalized spacial score (nSPS) is 10.8. The number of pyridine rings is 1. The molecule has 0 aliphatic carbocycles. The summed E-state index contributed by atoms with van der Waals surface area (Å²) in [7, 11) is 0. The van der Waals surface area contributed by atoms with Crippen LogP contribution in [0, 0.1) is 6.92 Å². The molecule has 3 aromatic rings. The Morgan fingerprint density at radius 3 is 2.71 bits per heavy atom. The minimum atomic E-state index is 0.433. The Labute approximate surface area is 126 Å². The van der Waals surface area contributed by atoms with E-state index in [0.717, 1.165) is 22.0 Å². The molecular weight excluding hydrogens is 284 g/mol. The van der Waals surface area contributed by atoms with Gasteiger partial charge in [0, 0.05) is 12.2 Å². The van der Waals surface area contributed by atoms with Crippen molar-refractivity contribution in [3.05, 3.63) is 53.7 Å². The second-order valence-electron chi connectivity index (χ2n) is 4.43. The lowest BCUT2D eigenvalue weighted by Crippen LogP contribution is -2.03. The van der Waals surface area contributed by atoms with Gasteiger partial charge in [0.05, 0.1) is 5.69 Å². The molecule has 0 saturated heterocycles. The lowest BCUT2D eigenvalue weighted by molar-refractivity contribution is 0.755. The fourth-order valence-corrected chi connectivity index (χ4v) is 2.82. The van der Waals surface area contributed by atoms with E-state index >= 15 is 0 Å². The molecule has 0 unspecified atom stereocenters. The molecular formula is C14H14N6S. The first-order valence-electron chi connectivity index (χ1n) is 6.46. The van der Waals surface area contributed by atoms with Crippen LogP contribution in [0.5, 0.6) is 0 Å². The van der Waals surface area contributed by atoms with Crippen molar-refractivity contribution in [2.45, 2.75) is 23.7 Å². The van der Waals surface area contributed by atoms with E-state index in [4.69, 9.17) is 5.73 Å². The number of hydrogen-bond acceptors (Lipinski definition) is 6. The summed E-state index contributed by atoms with van der Waals surface area (Å²) in [5.41, 5.74) is 8.59. The first kappa shape index (κ1) is 13.7. The highest BCUT2D eigenvalue weighted by atomic mass is 32.2. The van der Waals surface area contributed by atoms with Crippen LogP contribution in [0.4, 0.5) is 0 Å². The minimum Gasteiger partial charge on any atom is -0.326 e. The zero-order valence-corrected chi connectivity index (χ0v) is 12.3. The fraction of sp³-hybridized carbons (Fsp3) is 0.143. The van der Waals surface area contributed by atoms with Crippen molar-refractivity contribution < 1.29 is 0 Å². The fourth-order valence-electron chi connectivity index (χ4n) is 1.87. The number of rotatable bonds is 4. The summed E-state index contributed by atoms with van der Waals surface area (Å²) in [4.78, 5) is 4.53. The summed E-state index contributed by atoms with van der Waals surface area (Å²) in [5.74, 6) is 0. The van der Waals surface area contributed by atoms with Crippen molar-refractivity contribution >= 4 is 11.8 Å². The quantitative estimate of drug-likeness (QED) is 0.793. The topological polar surface area (TPSA) is 82.5 Å². The third kappa shape index (κ3) is 2.93. The minimum absolute atomic E-state index is 0.433. The van der Waals surface area contributed by atoms with Crippen molar-refractivity contribution in [1.29, 1.82) is 0 Å². The molecule has 2 N–H and O–H groups in total. The van der Waals surface area contributed by atoms with Crippen LogP contribution in [0.2, 0.25) is 0 Å². The van der Waals surface area contributed by atoms with Gasteiger partial charge in [-0.15, -0.1) is 5.10 Å². The maximum absolute atomic E-state index is 5.77. The third-order valence-electron chi connectivity index (χ3n) is 2.93. The molecule has 0 spiro atoms. The van der Waals surface area contributed by atoms with Gasteiger partial charge in [-0.3, -0.25) is 0 Å². The zero-order valence-electron chi connectivity index (χ0n) is 11.5. The predicted molar refractivity (Wildman–Crippen MR) is 80.1 cm³/mol. The lowest BCUT2D eigenvalue weighted by Gasteiger charge is -2.07. The number of para-hydroxylation sites is 1. The summed E-state index contributed by atoms with van der Waals surface area (Å²) in [6.07, 6.45) is 0. The van der Waals surface area contributed by atoms with Crippen LogP contribution in [0.3, 0.4) is 0 Å². The van der Waals surface area contributed by atoms with Crippen molar-refractivity contribution in [2.24, 2.45) is 5.73 Å². The predicted octanol–water partition coefficient (Wildman–Crippen LogP) is 1.98. The Morgan fingerprint density at radius 2 is 1.95 bits per heavy atom. The third-order valence-corrected chi connectivity index (χ3v) is 3.91. The highest BCUT2D eigenvalue weighted by Gasteiger charge is 2.13. The number of nitrogens with zero attached hydrogens (tertiary/aromatic N) is 5. The smallest absolute Gasteiger partial charge is 0.220 e. The highest BCUT2D eigenvalue weighted by molar-refractivity contribution is 7.99. The molecule has 0 aliphatic rings. The van der Waals surface area contributed by atoms with E-state index < -0.39 is 0 Å². The average Bonchev–Trinajstić information content (AvgIpc) is 2.96. The van der Waals surface area contributed by atoms with E-state index in [9.17, 15) is 0 Å². The number of benzene rings is 1. The number of aromatic nitrogens is 5. The molecule has 2 aromatic heterocycles. The Hall–Kier alpha value is -2.25. The Kier molecular flexibility index (Phi) is 3.94. The summed E-state index contributed by atoms with van der Waals surface area (Å²) >= 11 is 1.42. The van der Waals surface area contributed by atoms with E-state index in [1.165, 1.54) is 11.8 Å². The van der Waals surface area contributed by atoms with Gasteiger partial charge in [-0.25, -0.2) is 4.98 Å². The molecule has 0 fully saturated rings. The largest absolute Gasteiger partial charge is 0.326 e. The van der Waals surface area contributed by atoms with Gasteiger partial charge in [-0.2, -0.15) is 4.68 Å². The number of tetrazole rings is 1. The van der Waals surface area contributed by atoms with E-state index in [1.54, 1.807) is 4.68 Å². The van der Waals surface area contributed by atoms with Crippen LogP contribution in [-0.2, 0) is 6.54 Å². The van der Waals surface area contributed by atoms with Gasteiger partial charge in [0.15, 0.2) is 0 Å². The number of hydrogen-bond donors (Lipinski definition) is 1. The Balaban J connectivity index is 1.97. The van der Waals surface area contributed by atoms with E-state index in [2.05, 4.69) is 20.5 Å². The van der Waals surface area contributed by atoms with Gasteiger partial charge in [-0.05, 0) is 52.9 Å². The second kappa shape index (κ2) is 6.02. The molecule has 106 valence electrons. The molecule has 0 bridgehead atoms. The first-order chi connectivity index (χ1) is 10.3. The zero-order chi connectivity index (χ0) is 14.7. The van der Waals surface area contributed by atoms with Crippen molar-refractivity contribution in [1.82, 2.24) is 25.2 Å². The molecule has 2 heterocycles. The summed E-state index contributed by atoms with van der Waals surface area (Å²) < 4.78 is 1.69. The van der Waals surface area contributed by atoms with Crippen LogP contribution in [0.1, 0.15) is 11.3 Å². The van der Waals surface area contributed by atoms with Gasteiger partial charge < -0.3 is 5.73 Å². The van der Waals surface area contributed by atoms with Gasteiger partial charge in [0.2, 0.25) is 5.16 Å². The molecule has 7 heteroatoms. The molecule has 6 nitrogen and oxygen atoms in total. The summed E-state index contributed by atoms with van der Waals surface area (Å²) in [6, 6.07) is 13.7. The van der Waals surface area contributed by atoms with Crippen molar-refractivity contribution in [3.8, 4) is 5.69 Å². The molecule has 0 aliphatic heterocycles. The molecule has 0 atom stereocenters. The Morgan fingerprint density at radius 1 is 1.14 bits per heavy atom. The van der Waals surface area contributed by atoms with Crippen LogP contribution >= 0.6 is 11.8 Å². The van der Waals surface area contributed by atoms with Gasteiger partial charge >= 0.3 is 0 Å².